The molecular formula is C25H20ClFN4O3S. The van der Waals surface area contributed by atoms with Crippen LogP contribution in [0.25, 0.3) is 11.3 Å². The molecular weight excluding hydrogens is 491 g/mol. The van der Waals surface area contributed by atoms with Gasteiger partial charge in [-0.2, -0.15) is 5.10 Å². The Morgan fingerprint density at radius 1 is 1.17 bits per heavy atom. The number of nitrogens with zero attached hydrogens (tertiary/aromatic N) is 3. The second kappa shape index (κ2) is 11.2. The molecule has 2 heterocycles. The van der Waals surface area contributed by atoms with E-state index in [0.29, 0.717) is 27.4 Å². The van der Waals surface area contributed by atoms with Gasteiger partial charge in [0.25, 0.3) is 0 Å². The summed E-state index contributed by atoms with van der Waals surface area (Å²) in [6, 6.07) is 16.1. The highest BCUT2D eigenvalue weighted by atomic mass is 35.5. The molecule has 0 bridgehead atoms. The largest absolute Gasteiger partial charge is 0.455 e. The highest BCUT2D eigenvalue weighted by Crippen LogP contribution is 2.30. The van der Waals surface area contributed by atoms with Crippen LogP contribution in [0.4, 0.5) is 10.1 Å². The number of halogens is 2. The molecule has 178 valence electrons. The topological polar surface area (TPSA) is 87.3 Å². The van der Waals surface area contributed by atoms with Gasteiger partial charge < -0.3 is 9.73 Å². The van der Waals surface area contributed by atoms with E-state index >= 15 is 0 Å². The number of furan rings is 1. The van der Waals surface area contributed by atoms with Crippen molar-refractivity contribution in [2.24, 2.45) is 10.2 Å². The summed E-state index contributed by atoms with van der Waals surface area (Å²) < 4.78 is 18.8. The van der Waals surface area contributed by atoms with Crippen LogP contribution in [0, 0.1) is 5.82 Å². The summed E-state index contributed by atoms with van der Waals surface area (Å²) in [6.07, 6.45) is 2.97. The van der Waals surface area contributed by atoms with Gasteiger partial charge in [0.1, 0.15) is 22.6 Å². The van der Waals surface area contributed by atoms with Gasteiger partial charge in [-0.05, 0) is 60.7 Å². The van der Waals surface area contributed by atoms with E-state index in [0.717, 1.165) is 17.3 Å². The summed E-state index contributed by atoms with van der Waals surface area (Å²) in [7, 11) is 0. The average Bonchev–Trinajstić information content (AvgIpc) is 3.42. The quantitative estimate of drug-likeness (QED) is 0.243. The van der Waals surface area contributed by atoms with E-state index in [1.165, 1.54) is 23.2 Å². The SMILES string of the molecule is C=CCN1C(=O)C(CC(=O)Nc2ccc(Cl)cc2)S/C1=N\N=C\c1ccc(-c2ccc(F)cc2)o1. The van der Waals surface area contributed by atoms with Gasteiger partial charge in [0.2, 0.25) is 11.8 Å². The Labute approximate surface area is 210 Å². The third-order valence-corrected chi connectivity index (χ3v) is 6.33. The van der Waals surface area contributed by atoms with Crippen molar-refractivity contribution in [1.82, 2.24) is 4.90 Å². The first-order valence-electron chi connectivity index (χ1n) is 10.5. The molecule has 1 unspecified atom stereocenters. The smallest absolute Gasteiger partial charge is 0.243 e. The van der Waals surface area contributed by atoms with Crippen LogP contribution in [-0.2, 0) is 9.59 Å². The molecule has 0 aliphatic carbocycles. The highest BCUT2D eigenvalue weighted by Gasteiger charge is 2.38. The van der Waals surface area contributed by atoms with Crippen molar-refractivity contribution in [2.45, 2.75) is 11.7 Å². The molecule has 1 aromatic heterocycles. The van der Waals surface area contributed by atoms with Gasteiger partial charge in [0.05, 0.1) is 6.21 Å². The van der Waals surface area contributed by atoms with Crippen molar-refractivity contribution < 1.29 is 18.4 Å². The molecule has 0 saturated carbocycles. The van der Waals surface area contributed by atoms with Crippen molar-refractivity contribution in [3.05, 3.63) is 89.9 Å². The fourth-order valence-corrected chi connectivity index (χ4v) is 4.48. The molecule has 1 saturated heterocycles. The lowest BCUT2D eigenvalue weighted by Crippen LogP contribution is -2.33. The average molecular weight is 511 g/mol. The molecule has 2 aromatic carbocycles. The van der Waals surface area contributed by atoms with Crippen molar-refractivity contribution in [1.29, 1.82) is 0 Å². The minimum absolute atomic E-state index is 0.0261. The Bertz CT molecular complexity index is 1290. The predicted molar refractivity (Wildman–Crippen MR) is 137 cm³/mol. The van der Waals surface area contributed by atoms with Gasteiger partial charge in [-0.15, -0.1) is 11.7 Å². The van der Waals surface area contributed by atoms with E-state index in [4.69, 9.17) is 16.0 Å². The Morgan fingerprint density at radius 2 is 1.91 bits per heavy atom. The van der Waals surface area contributed by atoms with Crippen molar-refractivity contribution in [2.75, 3.05) is 11.9 Å². The molecule has 3 aromatic rings. The van der Waals surface area contributed by atoms with Crippen LogP contribution in [0.2, 0.25) is 5.02 Å². The number of carbonyl (C=O) groups excluding carboxylic acids is 2. The second-order valence-corrected chi connectivity index (χ2v) is 9.05. The Kier molecular flexibility index (Phi) is 7.79. The minimum Gasteiger partial charge on any atom is -0.455 e. The van der Waals surface area contributed by atoms with Crippen LogP contribution in [-0.4, -0.2) is 39.9 Å². The van der Waals surface area contributed by atoms with Crippen LogP contribution in [0.15, 0.2) is 87.9 Å². The Hall–Kier alpha value is -3.69. The molecule has 0 spiro atoms. The molecule has 2 amide bonds. The summed E-state index contributed by atoms with van der Waals surface area (Å²) in [5, 5.41) is 11.3. The van der Waals surface area contributed by atoms with E-state index in [-0.39, 0.29) is 30.6 Å². The van der Waals surface area contributed by atoms with Crippen molar-refractivity contribution in [3.8, 4) is 11.3 Å². The Morgan fingerprint density at radius 3 is 2.63 bits per heavy atom. The Balaban J connectivity index is 1.42. The zero-order valence-corrected chi connectivity index (χ0v) is 19.9. The second-order valence-electron chi connectivity index (χ2n) is 7.44. The first-order chi connectivity index (χ1) is 16.9. The summed E-state index contributed by atoms with van der Waals surface area (Å²) >= 11 is 7.03. The predicted octanol–water partition coefficient (Wildman–Crippen LogP) is 5.59. The number of rotatable bonds is 8. The molecule has 4 rings (SSSR count). The number of hydrogen-bond donors (Lipinski definition) is 1. The fraction of sp³-hybridized carbons (Fsp3) is 0.120. The summed E-state index contributed by atoms with van der Waals surface area (Å²) in [6.45, 7) is 3.92. The number of nitrogens with one attached hydrogen (secondary N) is 1. The zero-order chi connectivity index (χ0) is 24.8. The number of carbonyl (C=O) groups is 2. The third kappa shape index (κ3) is 6.26. The molecule has 1 aliphatic heterocycles. The van der Waals surface area contributed by atoms with Gasteiger partial charge >= 0.3 is 0 Å². The van der Waals surface area contributed by atoms with Crippen LogP contribution in [0.3, 0.4) is 0 Å². The van der Waals surface area contributed by atoms with Gasteiger partial charge in [-0.3, -0.25) is 14.5 Å². The third-order valence-electron chi connectivity index (χ3n) is 4.91. The molecule has 10 heteroatoms. The van der Waals surface area contributed by atoms with Crippen molar-refractivity contribution >= 4 is 52.2 Å². The van der Waals surface area contributed by atoms with E-state index in [1.807, 2.05) is 0 Å². The molecule has 1 fully saturated rings. The van der Waals surface area contributed by atoms with Gasteiger partial charge in [-0.25, -0.2) is 4.39 Å². The molecule has 7 nitrogen and oxygen atoms in total. The minimum atomic E-state index is -0.634. The summed E-state index contributed by atoms with van der Waals surface area (Å²) in [4.78, 5) is 26.7. The van der Waals surface area contributed by atoms with Crippen molar-refractivity contribution in [3.63, 3.8) is 0 Å². The number of amidine groups is 1. The van der Waals surface area contributed by atoms with E-state index in [2.05, 4.69) is 22.1 Å². The molecule has 0 radical (unpaired) electrons. The highest BCUT2D eigenvalue weighted by molar-refractivity contribution is 8.15. The van der Waals surface area contributed by atoms with E-state index in [1.54, 1.807) is 54.6 Å². The lowest BCUT2D eigenvalue weighted by molar-refractivity contribution is -0.127. The maximum atomic E-state index is 13.1. The summed E-state index contributed by atoms with van der Waals surface area (Å²) in [5.74, 6) is 0.130. The van der Waals surface area contributed by atoms with Crippen LogP contribution in [0.5, 0.6) is 0 Å². The zero-order valence-electron chi connectivity index (χ0n) is 18.4. The fourth-order valence-electron chi connectivity index (χ4n) is 3.25. The standard InChI is InChI=1S/C25H20ClFN4O3S/c1-2-13-31-24(33)22(14-23(32)29-19-9-5-17(26)6-10-19)35-25(31)30-28-15-20-11-12-21(34-20)16-3-7-18(27)8-4-16/h2-12,15,22H,1,13-14H2,(H,29,32)/b28-15+,30-25-. The lowest BCUT2D eigenvalue weighted by Gasteiger charge is -2.12. The number of thioether (sulfide) groups is 1. The first kappa shape index (κ1) is 24.4. The number of anilines is 1. The number of amides is 2. The van der Waals surface area contributed by atoms with E-state index < -0.39 is 5.25 Å². The molecule has 35 heavy (non-hydrogen) atoms. The van der Waals surface area contributed by atoms with Crippen LogP contribution in [0.1, 0.15) is 12.2 Å². The number of benzene rings is 2. The molecule has 1 aliphatic rings. The van der Waals surface area contributed by atoms with Crippen LogP contribution < -0.4 is 5.32 Å². The first-order valence-corrected chi connectivity index (χ1v) is 11.8. The summed E-state index contributed by atoms with van der Waals surface area (Å²) in [5.41, 5.74) is 1.32. The van der Waals surface area contributed by atoms with E-state index in [9.17, 15) is 14.0 Å². The van der Waals surface area contributed by atoms with Crippen LogP contribution >= 0.6 is 23.4 Å². The van der Waals surface area contributed by atoms with Gasteiger partial charge in [0, 0.05) is 29.2 Å². The maximum absolute atomic E-state index is 13.1. The lowest BCUT2D eigenvalue weighted by atomic mass is 10.2. The normalized spacial score (nSPS) is 16.9. The van der Waals surface area contributed by atoms with Gasteiger partial charge in [0.15, 0.2) is 5.17 Å². The molecule has 1 atom stereocenters. The monoisotopic (exact) mass is 510 g/mol. The molecule has 1 N–H and O–H groups in total. The maximum Gasteiger partial charge on any atom is 0.243 e. The van der Waals surface area contributed by atoms with Gasteiger partial charge in [-0.1, -0.05) is 29.4 Å². The number of hydrogen-bond acceptors (Lipinski definition) is 6.